The largest absolute Gasteiger partial charge is 0.281 e. The third-order valence-corrected chi connectivity index (χ3v) is 6.17. The van der Waals surface area contributed by atoms with Crippen LogP contribution in [0.2, 0.25) is 0 Å². The standard InChI is InChI=1S/C16H21N3O2S/c1-18(2)22(20,21)19-10-8-13(12-19)11-15-6-3-5-14-7-4-9-17-16(14)15/h3-7,9,13H,8,10-12H2,1-2H3/t13-/m1/s1. The average Bonchev–Trinajstić information content (AvgIpc) is 2.97. The van der Waals surface area contributed by atoms with Crippen molar-refractivity contribution in [3.63, 3.8) is 0 Å². The molecule has 1 aliphatic rings. The van der Waals surface area contributed by atoms with Gasteiger partial charge < -0.3 is 0 Å². The molecule has 6 heteroatoms. The summed E-state index contributed by atoms with van der Waals surface area (Å²) in [4.78, 5) is 4.48. The van der Waals surface area contributed by atoms with Crippen LogP contribution in [0, 0.1) is 5.92 Å². The summed E-state index contributed by atoms with van der Waals surface area (Å²) < 4.78 is 27.2. The molecule has 0 unspecified atom stereocenters. The minimum Gasteiger partial charge on any atom is -0.256 e. The van der Waals surface area contributed by atoms with Crippen molar-refractivity contribution in [2.45, 2.75) is 12.8 Å². The van der Waals surface area contributed by atoms with Gasteiger partial charge in [-0.1, -0.05) is 24.3 Å². The first-order valence-electron chi connectivity index (χ1n) is 7.48. The molecule has 118 valence electrons. The molecular weight excluding hydrogens is 298 g/mol. The summed E-state index contributed by atoms with van der Waals surface area (Å²) in [6.07, 6.45) is 3.58. The van der Waals surface area contributed by atoms with Crippen LogP contribution in [0.25, 0.3) is 10.9 Å². The molecule has 1 aromatic carbocycles. The highest BCUT2D eigenvalue weighted by molar-refractivity contribution is 7.86. The van der Waals surface area contributed by atoms with E-state index in [1.165, 1.54) is 9.87 Å². The molecule has 0 amide bonds. The normalized spacial score (nSPS) is 20.0. The molecule has 1 saturated heterocycles. The van der Waals surface area contributed by atoms with Crippen molar-refractivity contribution in [3.8, 4) is 0 Å². The van der Waals surface area contributed by atoms with Gasteiger partial charge in [0.1, 0.15) is 0 Å². The maximum Gasteiger partial charge on any atom is 0.281 e. The van der Waals surface area contributed by atoms with E-state index in [-0.39, 0.29) is 0 Å². The van der Waals surface area contributed by atoms with Crippen LogP contribution in [-0.2, 0) is 16.6 Å². The Morgan fingerprint density at radius 2 is 2.05 bits per heavy atom. The molecule has 3 rings (SSSR count). The van der Waals surface area contributed by atoms with Gasteiger partial charge in [-0.3, -0.25) is 4.98 Å². The predicted molar refractivity (Wildman–Crippen MR) is 87.7 cm³/mol. The summed E-state index contributed by atoms with van der Waals surface area (Å²) >= 11 is 0. The maximum atomic E-state index is 12.2. The van der Waals surface area contributed by atoms with E-state index in [0.717, 1.165) is 23.7 Å². The van der Waals surface area contributed by atoms with Crippen molar-refractivity contribution in [1.29, 1.82) is 0 Å². The SMILES string of the molecule is CN(C)S(=O)(=O)N1CC[C@H](Cc2cccc3cccnc23)C1. The number of hydrogen-bond donors (Lipinski definition) is 0. The van der Waals surface area contributed by atoms with Gasteiger partial charge in [-0.05, 0) is 30.4 Å². The average molecular weight is 319 g/mol. The van der Waals surface area contributed by atoms with Gasteiger partial charge in [-0.15, -0.1) is 0 Å². The van der Waals surface area contributed by atoms with Gasteiger partial charge in [0.15, 0.2) is 0 Å². The van der Waals surface area contributed by atoms with Crippen LogP contribution in [-0.4, -0.2) is 49.2 Å². The van der Waals surface area contributed by atoms with Gasteiger partial charge in [0.05, 0.1) is 5.52 Å². The molecule has 0 saturated carbocycles. The monoisotopic (exact) mass is 319 g/mol. The van der Waals surface area contributed by atoms with Crippen LogP contribution in [0.4, 0.5) is 0 Å². The van der Waals surface area contributed by atoms with E-state index in [2.05, 4.69) is 23.2 Å². The molecule has 22 heavy (non-hydrogen) atoms. The van der Waals surface area contributed by atoms with Crippen molar-refractivity contribution < 1.29 is 8.42 Å². The molecule has 2 aromatic rings. The van der Waals surface area contributed by atoms with E-state index < -0.39 is 10.2 Å². The first-order valence-corrected chi connectivity index (χ1v) is 8.88. The van der Waals surface area contributed by atoms with Crippen molar-refractivity contribution >= 4 is 21.1 Å². The van der Waals surface area contributed by atoms with Gasteiger partial charge >= 0.3 is 0 Å². The molecular formula is C16H21N3O2S. The molecule has 0 aliphatic carbocycles. The summed E-state index contributed by atoms with van der Waals surface area (Å²) in [5.41, 5.74) is 2.23. The zero-order valence-corrected chi connectivity index (χ0v) is 13.8. The molecule has 0 radical (unpaired) electrons. The van der Waals surface area contributed by atoms with Crippen LogP contribution in [0.5, 0.6) is 0 Å². The molecule has 1 atom stereocenters. The number of para-hydroxylation sites is 1. The molecule has 0 bridgehead atoms. The lowest BCUT2D eigenvalue weighted by atomic mass is 9.97. The maximum absolute atomic E-state index is 12.2. The minimum atomic E-state index is -3.29. The fourth-order valence-corrected chi connectivity index (χ4v) is 4.24. The number of nitrogens with zero attached hydrogens (tertiary/aromatic N) is 3. The van der Waals surface area contributed by atoms with Gasteiger partial charge in [0.25, 0.3) is 10.2 Å². The quantitative estimate of drug-likeness (QED) is 0.865. The number of benzene rings is 1. The van der Waals surface area contributed by atoms with Gasteiger partial charge in [-0.2, -0.15) is 17.0 Å². The molecule has 0 spiro atoms. The Hall–Kier alpha value is -1.50. The highest BCUT2D eigenvalue weighted by atomic mass is 32.2. The first-order chi connectivity index (χ1) is 10.5. The number of aromatic nitrogens is 1. The Balaban J connectivity index is 1.78. The highest BCUT2D eigenvalue weighted by Crippen LogP contribution is 2.26. The van der Waals surface area contributed by atoms with E-state index >= 15 is 0 Å². The molecule has 5 nitrogen and oxygen atoms in total. The van der Waals surface area contributed by atoms with E-state index in [1.807, 2.05) is 18.3 Å². The lowest BCUT2D eigenvalue weighted by Gasteiger charge is -2.21. The van der Waals surface area contributed by atoms with E-state index in [9.17, 15) is 8.42 Å². The van der Waals surface area contributed by atoms with Crippen LogP contribution >= 0.6 is 0 Å². The van der Waals surface area contributed by atoms with Crippen LogP contribution in [0.3, 0.4) is 0 Å². The zero-order chi connectivity index (χ0) is 15.7. The third-order valence-electron chi connectivity index (χ3n) is 4.26. The Bertz CT molecular complexity index is 769. The summed E-state index contributed by atoms with van der Waals surface area (Å²) in [6, 6.07) is 10.2. The lowest BCUT2D eigenvalue weighted by Crippen LogP contribution is -2.38. The second-order valence-corrected chi connectivity index (χ2v) is 8.14. The summed E-state index contributed by atoms with van der Waals surface area (Å²) in [6.45, 7) is 1.19. The van der Waals surface area contributed by atoms with Crippen molar-refractivity contribution in [2.75, 3.05) is 27.2 Å². The van der Waals surface area contributed by atoms with Crippen molar-refractivity contribution in [2.24, 2.45) is 5.92 Å². The van der Waals surface area contributed by atoms with E-state index in [1.54, 1.807) is 18.4 Å². The first kappa shape index (κ1) is 15.4. The number of pyridine rings is 1. The molecule has 1 aromatic heterocycles. The summed E-state index contributed by atoms with van der Waals surface area (Å²) in [5, 5.41) is 1.13. The van der Waals surface area contributed by atoms with E-state index in [0.29, 0.717) is 19.0 Å². The number of rotatable bonds is 4. The Morgan fingerprint density at radius 1 is 1.27 bits per heavy atom. The summed E-state index contributed by atoms with van der Waals surface area (Å²) in [7, 11) is -0.132. The van der Waals surface area contributed by atoms with Gasteiger partial charge in [0, 0.05) is 38.8 Å². The van der Waals surface area contributed by atoms with Crippen LogP contribution in [0.1, 0.15) is 12.0 Å². The molecule has 2 heterocycles. The predicted octanol–water partition coefficient (Wildman–Crippen LogP) is 1.91. The lowest BCUT2D eigenvalue weighted by molar-refractivity contribution is 0.410. The summed E-state index contributed by atoms with van der Waals surface area (Å²) in [5.74, 6) is 0.349. The molecule has 1 aliphatic heterocycles. The smallest absolute Gasteiger partial charge is 0.256 e. The highest BCUT2D eigenvalue weighted by Gasteiger charge is 2.32. The molecule has 1 fully saturated rings. The second-order valence-electron chi connectivity index (χ2n) is 6.00. The zero-order valence-electron chi connectivity index (χ0n) is 12.9. The number of hydrogen-bond acceptors (Lipinski definition) is 3. The number of fused-ring (bicyclic) bond motifs is 1. The second kappa shape index (κ2) is 5.95. The molecule has 0 N–H and O–H groups in total. The third kappa shape index (κ3) is 2.86. The van der Waals surface area contributed by atoms with Crippen LogP contribution < -0.4 is 0 Å². The van der Waals surface area contributed by atoms with Gasteiger partial charge in [0.2, 0.25) is 0 Å². The van der Waals surface area contributed by atoms with E-state index in [4.69, 9.17) is 0 Å². The topological polar surface area (TPSA) is 53.5 Å². The van der Waals surface area contributed by atoms with Crippen LogP contribution in [0.15, 0.2) is 36.5 Å². The fourth-order valence-electron chi connectivity index (χ4n) is 3.05. The van der Waals surface area contributed by atoms with Crippen molar-refractivity contribution in [3.05, 3.63) is 42.1 Å². The fraction of sp³-hybridized carbons (Fsp3) is 0.438. The van der Waals surface area contributed by atoms with Gasteiger partial charge in [-0.25, -0.2) is 0 Å². The Kier molecular flexibility index (Phi) is 4.16. The van der Waals surface area contributed by atoms with Crippen molar-refractivity contribution in [1.82, 2.24) is 13.6 Å². The Morgan fingerprint density at radius 3 is 2.82 bits per heavy atom. The minimum absolute atomic E-state index is 0.349. The Labute approximate surface area is 131 Å².